The van der Waals surface area contributed by atoms with Gasteiger partial charge in [-0.3, -0.25) is 14.6 Å². The lowest BCUT2D eigenvalue weighted by Gasteiger charge is -2.28. The van der Waals surface area contributed by atoms with Crippen LogP contribution >= 0.6 is 0 Å². The van der Waals surface area contributed by atoms with E-state index in [2.05, 4.69) is 11.0 Å². The average Bonchev–Trinajstić information content (AvgIpc) is 3.04. The van der Waals surface area contributed by atoms with Crippen LogP contribution in [0.1, 0.15) is 54.4 Å². The van der Waals surface area contributed by atoms with Crippen molar-refractivity contribution in [3.63, 3.8) is 0 Å². The molecule has 3 aliphatic rings. The summed E-state index contributed by atoms with van der Waals surface area (Å²) in [5.41, 5.74) is 1.88. The standard InChI is InChI=1S/C27H32FN3O3/c28-22-9-11-23(12-10-22)31-20-27(34-26(31)33)13-6-17-30(18-14-27)25(32)24-8-3-2-7-21(24)19-29-15-4-1-5-16-29/h2-3,7-12H,1,4-6,13-20H2. The number of rotatable bonds is 4. The molecule has 1 unspecified atom stereocenters. The van der Waals surface area contributed by atoms with Gasteiger partial charge in [-0.05, 0) is 74.7 Å². The highest BCUT2D eigenvalue weighted by molar-refractivity contribution is 5.96. The smallest absolute Gasteiger partial charge is 0.415 e. The summed E-state index contributed by atoms with van der Waals surface area (Å²) in [4.78, 5) is 32.1. The maximum atomic E-state index is 13.6. The van der Waals surface area contributed by atoms with Crippen molar-refractivity contribution >= 4 is 17.7 Å². The van der Waals surface area contributed by atoms with Gasteiger partial charge >= 0.3 is 6.09 Å². The summed E-state index contributed by atoms with van der Waals surface area (Å²) in [6.45, 7) is 4.60. The molecule has 0 N–H and O–H groups in total. The number of anilines is 1. The highest BCUT2D eigenvalue weighted by atomic mass is 19.1. The number of hydrogen-bond donors (Lipinski definition) is 0. The first-order valence-electron chi connectivity index (χ1n) is 12.4. The summed E-state index contributed by atoms with van der Waals surface area (Å²) in [7, 11) is 0. The fourth-order valence-corrected chi connectivity index (χ4v) is 5.47. The van der Waals surface area contributed by atoms with Crippen LogP contribution in [0.2, 0.25) is 0 Å². The van der Waals surface area contributed by atoms with Gasteiger partial charge in [0.15, 0.2) is 0 Å². The third-order valence-corrected chi connectivity index (χ3v) is 7.38. The van der Waals surface area contributed by atoms with Crippen LogP contribution in [0, 0.1) is 5.82 Å². The number of carbonyl (C=O) groups is 2. The Kier molecular flexibility index (Phi) is 6.55. The largest absolute Gasteiger partial charge is 0.441 e. The predicted octanol–water partition coefficient (Wildman–Crippen LogP) is 4.83. The minimum absolute atomic E-state index is 0.0596. The SMILES string of the molecule is O=C(c1ccccc1CN1CCCCC1)N1CCCC2(CC1)CN(c1ccc(F)cc1)C(=O)O2. The Morgan fingerprint density at radius 2 is 1.68 bits per heavy atom. The van der Waals surface area contributed by atoms with Gasteiger partial charge in [0.1, 0.15) is 11.4 Å². The molecule has 180 valence electrons. The van der Waals surface area contributed by atoms with E-state index < -0.39 is 11.7 Å². The summed E-state index contributed by atoms with van der Waals surface area (Å²) < 4.78 is 19.2. The van der Waals surface area contributed by atoms with Gasteiger partial charge in [-0.25, -0.2) is 9.18 Å². The lowest BCUT2D eigenvalue weighted by molar-refractivity contribution is 0.0438. The van der Waals surface area contributed by atoms with E-state index in [1.165, 1.54) is 31.4 Å². The zero-order valence-corrected chi connectivity index (χ0v) is 19.5. The number of ether oxygens (including phenoxy) is 1. The van der Waals surface area contributed by atoms with E-state index in [4.69, 9.17) is 4.74 Å². The summed E-state index contributed by atoms with van der Waals surface area (Å²) in [5.74, 6) is -0.278. The second-order valence-electron chi connectivity index (χ2n) is 9.75. The molecular weight excluding hydrogens is 433 g/mol. The molecule has 34 heavy (non-hydrogen) atoms. The maximum Gasteiger partial charge on any atom is 0.415 e. The molecule has 7 heteroatoms. The highest BCUT2D eigenvalue weighted by Gasteiger charge is 2.46. The minimum Gasteiger partial charge on any atom is -0.441 e. The molecule has 2 aromatic carbocycles. The van der Waals surface area contributed by atoms with Crippen LogP contribution in [0.4, 0.5) is 14.9 Å². The number of piperidine rings is 1. The van der Waals surface area contributed by atoms with E-state index in [0.29, 0.717) is 38.2 Å². The van der Waals surface area contributed by atoms with Gasteiger partial charge in [0.05, 0.1) is 6.54 Å². The Morgan fingerprint density at radius 3 is 2.47 bits per heavy atom. The number of carbonyl (C=O) groups excluding carboxylic acids is 2. The second kappa shape index (κ2) is 9.74. The summed E-state index contributed by atoms with van der Waals surface area (Å²) in [6.07, 6.45) is 5.39. The molecule has 6 nitrogen and oxygen atoms in total. The van der Waals surface area contributed by atoms with Crippen LogP contribution in [0.15, 0.2) is 48.5 Å². The molecule has 0 bridgehead atoms. The summed E-state index contributed by atoms with van der Waals surface area (Å²) in [6, 6.07) is 13.9. The number of likely N-dealkylation sites (tertiary alicyclic amines) is 2. The van der Waals surface area contributed by atoms with E-state index in [0.717, 1.165) is 37.2 Å². The molecular formula is C27H32FN3O3. The molecule has 0 radical (unpaired) electrons. The van der Waals surface area contributed by atoms with E-state index >= 15 is 0 Å². The molecule has 1 spiro atoms. The van der Waals surface area contributed by atoms with Gasteiger partial charge in [-0.1, -0.05) is 24.6 Å². The van der Waals surface area contributed by atoms with Crippen molar-refractivity contribution in [1.29, 1.82) is 0 Å². The number of hydrogen-bond acceptors (Lipinski definition) is 4. The van der Waals surface area contributed by atoms with Crippen molar-refractivity contribution in [1.82, 2.24) is 9.80 Å². The van der Waals surface area contributed by atoms with Crippen LogP contribution in [-0.4, -0.2) is 60.1 Å². The lowest BCUT2D eigenvalue weighted by atomic mass is 9.95. The Balaban J connectivity index is 1.27. The third kappa shape index (κ3) is 4.80. The van der Waals surface area contributed by atoms with Crippen molar-refractivity contribution in [2.75, 3.05) is 37.6 Å². The number of halogens is 1. The second-order valence-corrected chi connectivity index (χ2v) is 9.75. The van der Waals surface area contributed by atoms with Gasteiger partial charge in [0, 0.05) is 37.3 Å². The first-order valence-corrected chi connectivity index (χ1v) is 12.4. The number of benzene rings is 2. The highest BCUT2D eigenvalue weighted by Crippen LogP contribution is 2.36. The average molecular weight is 466 g/mol. The molecule has 3 heterocycles. The van der Waals surface area contributed by atoms with E-state index in [9.17, 15) is 14.0 Å². The Labute approximate surface area is 200 Å². The molecule has 0 saturated carbocycles. The van der Waals surface area contributed by atoms with Crippen LogP contribution in [0.25, 0.3) is 0 Å². The molecule has 0 aliphatic carbocycles. The quantitative estimate of drug-likeness (QED) is 0.649. The number of amides is 2. The molecule has 3 fully saturated rings. The zero-order chi connectivity index (χ0) is 23.5. The van der Waals surface area contributed by atoms with Crippen molar-refractivity contribution in [2.24, 2.45) is 0 Å². The molecule has 2 aromatic rings. The van der Waals surface area contributed by atoms with Crippen LogP contribution in [0.3, 0.4) is 0 Å². The van der Waals surface area contributed by atoms with Gasteiger partial charge in [-0.2, -0.15) is 0 Å². The van der Waals surface area contributed by atoms with Gasteiger partial charge < -0.3 is 9.64 Å². The fourth-order valence-electron chi connectivity index (χ4n) is 5.47. The predicted molar refractivity (Wildman–Crippen MR) is 128 cm³/mol. The number of nitrogens with zero attached hydrogens (tertiary/aromatic N) is 3. The Hall–Kier alpha value is -2.93. The Morgan fingerprint density at radius 1 is 0.912 bits per heavy atom. The molecule has 3 aliphatic heterocycles. The van der Waals surface area contributed by atoms with Crippen molar-refractivity contribution < 1.29 is 18.7 Å². The van der Waals surface area contributed by atoms with Crippen molar-refractivity contribution in [2.45, 2.75) is 50.7 Å². The minimum atomic E-state index is -0.617. The van der Waals surface area contributed by atoms with E-state index in [-0.39, 0.29) is 11.7 Å². The summed E-state index contributed by atoms with van der Waals surface area (Å²) in [5, 5.41) is 0. The van der Waals surface area contributed by atoms with Crippen molar-refractivity contribution in [3.05, 3.63) is 65.5 Å². The molecule has 0 aromatic heterocycles. The first-order chi connectivity index (χ1) is 16.5. The molecule has 2 amide bonds. The van der Waals surface area contributed by atoms with E-state index in [1.807, 2.05) is 23.1 Å². The first kappa shape index (κ1) is 22.8. The molecule has 3 saturated heterocycles. The topological polar surface area (TPSA) is 53.1 Å². The summed E-state index contributed by atoms with van der Waals surface area (Å²) >= 11 is 0. The van der Waals surface area contributed by atoms with Gasteiger partial charge in [-0.15, -0.1) is 0 Å². The van der Waals surface area contributed by atoms with Gasteiger partial charge in [0.2, 0.25) is 0 Å². The zero-order valence-electron chi connectivity index (χ0n) is 19.5. The van der Waals surface area contributed by atoms with Gasteiger partial charge in [0.25, 0.3) is 5.91 Å². The maximum absolute atomic E-state index is 13.6. The van der Waals surface area contributed by atoms with Crippen molar-refractivity contribution in [3.8, 4) is 0 Å². The normalized spacial score (nSPS) is 23.7. The molecule has 5 rings (SSSR count). The monoisotopic (exact) mass is 465 g/mol. The fraction of sp³-hybridized carbons (Fsp3) is 0.481. The Bertz CT molecular complexity index is 1040. The van der Waals surface area contributed by atoms with Crippen LogP contribution in [0.5, 0.6) is 0 Å². The lowest BCUT2D eigenvalue weighted by Crippen LogP contribution is -2.38. The third-order valence-electron chi connectivity index (χ3n) is 7.38. The van der Waals surface area contributed by atoms with Crippen LogP contribution < -0.4 is 4.90 Å². The van der Waals surface area contributed by atoms with Crippen LogP contribution in [-0.2, 0) is 11.3 Å². The van der Waals surface area contributed by atoms with E-state index in [1.54, 1.807) is 17.0 Å². The molecule has 1 atom stereocenters.